The van der Waals surface area contributed by atoms with Gasteiger partial charge in [-0.25, -0.2) is 4.98 Å². The zero-order valence-corrected chi connectivity index (χ0v) is 12.5. The molecule has 110 valence electrons. The average Bonchev–Trinajstić information content (AvgIpc) is 3.04. The first-order chi connectivity index (χ1) is 10.3. The van der Waals surface area contributed by atoms with Crippen LogP contribution in [0.5, 0.6) is 0 Å². The molecule has 3 rings (SSSR count). The number of carbonyl (C=O) groups is 1. The number of hydrogen-bond donors (Lipinski definition) is 2. The summed E-state index contributed by atoms with van der Waals surface area (Å²) in [5.74, 6) is 0.381. The summed E-state index contributed by atoms with van der Waals surface area (Å²) in [6, 6.07) is 3.80. The van der Waals surface area contributed by atoms with Crippen molar-refractivity contribution in [1.82, 2.24) is 20.6 Å². The lowest BCUT2D eigenvalue weighted by Gasteiger charge is -2.20. The fourth-order valence-electron chi connectivity index (χ4n) is 2.42. The van der Waals surface area contributed by atoms with Crippen molar-refractivity contribution in [2.24, 2.45) is 0 Å². The normalized spacial score (nSPS) is 15.8. The third-order valence-electron chi connectivity index (χ3n) is 3.62. The largest absolute Gasteiger partial charge is 0.347 e. The van der Waals surface area contributed by atoms with Crippen molar-refractivity contribution < 1.29 is 4.79 Å². The molecule has 0 spiro atoms. The number of piperidine rings is 1. The lowest BCUT2D eigenvalue weighted by atomic mass is 9.99. The van der Waals surface area contributed by atoms with Crippen LogP contribution in [0.15, 0.2) is 29.9 Å². The number of thiazole rings is 1. The van der Waals surface area contributed by atoms with Crippen LogP contribution in [0.4, 0.5) is 0 Å². The molecule has 0 radical (unpaired) electrons. The van der Waals surface area contributed by atoms with Gasteiger partial charge >= 0.3 is 0 Å². The predicted octanol–water partition coefficient (Wildman–Crippen LogP) is 1.94. The molecule has 0 atom stereocenters. The molecular formula is C15H18N4OS. The van der Waals surface area contributed by atoms with E-state index in [9.17, 15) is 4.79 Å². The van der Waals surface area contributed by atoms with Gasteiger partial charge in [0.1, 0.15) is 5.69 Å². The van der Waals surface area contributed by atoms with E-state index >= 15 is 0 Å². The van der Waals surface area contributed by atoms with E-state index < -0.39 is 0 Å². The van der Waals surface area contributed by atoms with Crippen molar-refractivity contribution >= 4 is 17.2 Å². The summed E-state index contributed by atoms with van der Waals surface area (Å²) in [7, 11) is 0. The molecule has 0 aliphatic carbocycles. The van der Waals surface area contributed by atoms with E-state index in [1.807, 2.05) is 17.5 Å². The maximum atomic E-state index is 12.1. The van der Waals surface area contributed by atoms with Crippen LogP contribution in [0.2, 0.25) is 0 Å². The number of hydrogen-bond acceptors (Lipinski definition) is 5. The highest BCUT2D eigenvalue weighted by molar-refractivity contribution is 7.09. The molecule has 5 nitrogen and oxygen atoms in total. The predicted molar refractivity (Wildman–Crippen MR) is 82.4 cm³/mol. The summed E-state index contributed by atoms with van der Waals surface area (Å²) in [6.45, 7) is 2.55. The first kappa shape index (κ1) is 14.2. The van der Waals surface area contributed by atoms with Gasteiger partial charge in [0.15, 0.2) is 0 Å². The van der Waals surface area contributed by atoms with E-state index in [1.165, 1.54) is 0 Å². The second-order valence-electron chi connectivity index (χ2n) is 5.14. The van der Waals surface area contributed by atoms with E-state index in [1.54, 1.807) is 23.7 Å². The molecule has 6 heteroatoms. The number of nitrogens with zero attached hydrogens (tertiary/aromatic N) is 2. The highest BCUT2D eigenvalue weighted by atomic mass is 32.1. The molecule has 0 aromatic carbocycles. The van der Waals surface area contributed by atoms with Crippen molar-refractivity contribution in [3.63, 3.8) is 0 Å². The smallest absolute Gasteiger partial charge is 0.271 e. The Morgan fingerprint density at radius 1 is 1.43 bits per heavy atom. The fraction of sp³-hybridized carbons (Fsp3) is 0.400. The Labute approximate surface area is 127 Å². The molecule has 2 aromatic heterocycles. The maximum Gasteiger partial charge on any atom is 0.271 e. The highest BCUT2D eigenvalue weighted by Crippen LogP contribution is 2.27. The van der Waals surface area contributed by atoms with Gasteiger partial charge in [-0.1, -0.05) is 6.07 Å². The molecule has 2 N–H and O–H groups in total. The van der Waals surface area contributed by atoms with E-state index in [-0.39, 0.29) is 5.91 Å². The number of nitrogens with one attached hydrogen (secondary N) is 2. The van der Waals surface area contributed by atoms with Gasteiger partial charge in [-0.15, -0.1) is 11.3 Å². The van der Waals surface area contributed by atoms with Crippen LogP contribution in [0, 0.1) is 0 Å². The van der Waals surface area contributed by atoms with Gasteiger partial charge in [0.25, 0.3) is 5.91 Å². The minimum absolute atomic E-state index is 0.115. The Balaban J connectivity index is 1.59. The zero-order chi connectivity index (χ0) is 14.5. The van der Waals surface area contributed by atoms with Crippen LogP contribution >= 0.6 is 11.3 Å². The van der Waals surface area contributed by atoms with Crippen LogP contribution in [0.25, 0.3) is 0 Å². The second-order valence-corrected chi connectivity index (χ2v) is 6.03. The molecule has 0 bridgehead atoms. The minimum Gasteiger partial charge on any atom is -0.347 e. The lowest BCUT2D eigenvalue weighted by molar-refractivity contribution is 0.0946. The van der Waals surface area contributed by atoms with Crippen molar-refractivity contribution in [2.75, 3.05) is 13.1 Å². The van der Waals surface area contributed by atoms with Crippen molar-refractivity contribution in [2.45, 2.75) is 25.3 Å². The Morgan fingerprint density at radius 2 is 2.29 bits per heavy atom. The zero-order valence-electron chi connectivity index (χ0n) is 11.7. The van der Waals surface area contributed by atoms with Gasteiger partial charge in [0.05, 0.1) is 5.01 Å². The van der Waals surface area contributed by atoms with Crippen molar-refractivity contribution in [1.29, 1.82) is 0 Å². The maximum absolute atomic E-state index is 12.1. The molecule has 0 saturated carbocycles. The average molecular weight is 302 g/mol. The third kappa shape index (κ3) is 3.65. The second kappa shape index (κ2) is 6.78. The molecule has 0 unspecified atom stereocenters. The number of amides is 1. The Morgan fingerprint density at radius 3 is 3.05 bits per heavy atom. The number of pyridine rings is 1. The Kier molecular flexibility index (Phi) is 4.57. The van der Waals surface area contributed by atoms with Gasteiger partial charge in [-0.2, -0.15) is 0 Å². The summed E-state index contributed by atoms with van der Waals surface area (Å²) in [5, 5.41) is 9.17. The standard InChI is InChI=1S/C15H18N4OS/c20-14(18-9-11-2-1-5-17-8-11)13-10-21-15(19-13)12-3-6-16-7-4-12/h1-2,5,8,10,12,16H,3-4,6-7,9H2,(H,18,20). The summed E-state index contributed by atoms with van der Waals surface area (Å²) < 4.78 is 0. The van der Waals surface area contributed by atoms with Gasteiger partial charge in [-0.3, -0.25) is 9.78 Å². The molecule has 1 amide bonds. The topological polar surface area (TPSA) is 66.9 Å². The Bertz CT molecular complexity index is 593. The first-order valence-corrected chi connectivity index (χ1v) is 8.04. The van der Waals surface area contributed by atoms with Gasteiger partial charge in [0, 0.05) is 30.2 Å². The van der Waals surface area contributed by atoms with Crippen molar-refractivity contribution in [3.8, 4) is 0 Å². The SMILES string of the molecule is O=C(NCc1cccnc1)c1csc(C2CCNCC2)n1. The van der Waals surface area contributed by atoms with Gasteiger partial charge in [0.2, 0.25) is 0 Å². The monoisotopic (exact) mass is 302 g/mol. The van der Waals surface area contributed by atoms with E-state index in [0.29, 0.717) is 18.2 Å². The molecule has 2 aromatic rings. The molecule has 21 heavy (non-hydrogen) atoms. The number of rotatable bonds is 4. The van der Waals surface area contributed by atoms with Crippen LogP contribution in [0.3, 0.4) is 0 Å². The van der Waals surface area contributed by atoms with Crippen LogP contribution in [-0.4, -0.2) is 29.0 Å². The van der Waals surface area contributed by atoms with Crippen molar-refractivity contribution in [3.05, 3.63) is 46.2 Å². The third-order valence-corrected chi connectivity index (χ3v) is 4.63. The summed E-state index contributed by atoms with van der Waals surface area (Å²) in [5.41, 5.74) is 1.51. The van der Waals surface area contributed by atoms with Crippen LogP contribution < -0.4 is 10.6 Å². The fourth-order valence-corrected chi connectivity index (χ4v) is 3.40. The van der Waals surface area contributed by atoms with Gasteiger partial charge in [-0.05, 0) is 37.6 Å². The van der Waals surface area contributed by atoms with E-state index in [0.717, 1.165) is 36.5 Å². The Hall–Kier alpha value is -1.79. The summed E-state index contributed by atoms with van der Waals surface area (Å²) >= 11 is 1.59. The molecule has 1 aliphatic rings. The van der Waals surface area contributed by atoms with Crippen LogP contribution in [0.1, 0.15) is 39.8 Å². The molecule has 1 saturated heterocycles. The number of carbonyl (C=O) groups excluding carboxylic acids is 1. The molecule has 1 aliphatic heterocycles. The first-order valence-electron chi connectivity index (χ1n) is 7.16. The number of aromatic nitrogens is 2. The lowest BCUT2D eigenvalue weighted by Crippen LogP contribution is -2.27. The van der Waals surface area contributed by atoms with E-state index in [2.05, 4.69) is 20.6 Å². The molecule has 3 heterocycles. The van der Waals surface area contributed by atoms with Crippen LogP contribution in [-0.2, 0) is 6.54 Å². The van der Waals surface area contributed by atoms with Gasteiger partial charge < -0.3 is 10.6 Å². The molecule has 1 fully saturated rings. The quantitative estimate of drug-likeness (QED) is 0.906. The summed E-state index contributed by atoms with van der Waals surface area (Å²) in [6.07, 6.45) is 5.67. The minimum atomic E-state index is -0.115. The highest BCUT2D eigenvalue weighted by Gasteiger charge is 2.20. The summed E-state index contributed by atoms with van der Waals surface area (Å²) in [4.78, 5) is 20.7. The van der Waals surface area contributed by atoms with E-state index in [4.69, 9.17) is 0 Å². The molecular weight excluding hydrogens is 284 g/mol.